The molecule has 2 heterocycles. The highest BCUT2D eigenvalue weighted by atomic mass is 16.5. The number of amides is 3. The largest absolute Gasteiger partial charge is 0.493 e. The molecule has 10 nitrogen and oxygen atoms in total. The van der Waals surface area contributed by atoms with Gasteiger partial charge in [0.1, 0.15) is 11.2 Å². The summed E-state index contributed by atoms with van der Waals surface area (Å²) in [4.78, 5) is 46.1. The third-order valence-electron chi connectivity index (χ3n) is 7.18. The molecular formula is C27H37N5O5. The number of methoxy groups -OCH3 is 1. The zero-order valence-corrected chi connectivity index (χ0v) is 22.1. The molecule has 0 radical (unpaired) electrons. The van der Waals surface area contributed by atoms with E-state index >= 15 is 0 Å². The van der Waals surface area contributed by atoms with E-state index in [9.17, 15) is 14.4 Å². The highest BCUT2D eigenvalue weighted by molar-refractivity contribution is 6.07. The lowest BCUT2D eigenvalue weighted by atomic mass is 9.93. The van der Waals surface area contributed by atoms with Gasteiger partial charge in [0.05, 0.1) is 26.6 Å². The second kappa shape index (κ2) is 11.2. The van der Waals surface area contributed by atoms with E-state index in [-0.39, 0.29) is 42.3 Å². The van der Waals surface area contributed by atoms with Crippen LogP contribution in [0.4, 0.5) is 0 Å². The number of nitrogens with zero attached hydrogens (tertiary/aromatic N) is 3. The summed E-state index contributed by atoms with van der Waals surface area (Å²) < 4.78 is 12.6. The van der Waals surface area contributed by atoms with Gasteiger partial charge in [0.15, 0.2) is 17.2 Å². The summed E-state index contributed by atoms with van der Waals surface area (Å²) >= 11 is 0. The second-order valence-electron chi connectivity index (χ2n) is 9.86. The van der Waals surface area contributed by atoms with Crippen LogP contribution < -0.4 is 20.1 Å². The number of fused-ring (bicyclic) bond motifs is 1. The van der Waals surface area contributed by atoms with Gasteiger partial charge in [-0.2, -0.15) is 0 Å². The van der Waals surface area contributed by atoms with Crippen LogP contribution in [0, 0.1) is 0 Å². The minimum Gasteiger partial charge on any atom is -0.493 e. The Morgan fingerprint density at radius 2 is 1.95 bits per heavy atom. The number of carbonyl (C=O) groups is 3. The Morgan fingerprint density at radius 1 is 1.19 bits per heavy atom. The van der Waals surface area contributed by atoms with Crippen LogP contribution in [-0.4, -0.2) is 64.0 Å². The Balaban J connectivity index is 1.53. The number of carbonyl (C=O) groups excluding carboxylic acids is 3. The first-order chi connectivity index (χ1) is 17.8. The topological polar surface area (TPSA) is 115 Å². The van der Waals surface area contributed by atoms with Crippen LogP contribution in [0.25, 0.3) is 0 Å². The fourth-order valence-electron chi connectivity index (χ4n) is 5.20. The third kappa shape index (κ3) is 5.28. The van der Waals surface area contributed by atoms with E-state index in [0.717, 1.165) is 31.2 Å². The van der Waals surface area contributed by atoms with E-state index in [2.05, 4.69) is 15.6 Å². The fourth-order valence-corrected chi connectivity index (χ4v) is 5.20. The van der Waals surface area contributed by atoms with Crippen molar-refractivity contribution in [3.8, 4) is 11.5 Å². The van der Waals surface area contributed by atoms with Crippen LogP contribution in [0.15, 0.2) is 24.5 Å². The number of nitrogens with one attached hydrogen (secondary N) is 2. The van der Waals surface area contributed by atoms with Crippen LogP contribution >= 0.6 is 0 Å². The summed E-state index contributed by atoms with van der Waals surface area (Å²) in [5.74, 6) is 0.240. The molecule has 2 aliphatic rings. The molecule has 0 saturated heterocycles. The monoisotopic (exact) mass is 511 g/mol. The SMILES string of the molecule is CCCN1C(=O)c2c(C(=O)NCc3ccc(OC)c(OCC)c3)ncn2CC1(C)C(=O)NC1CCCC1. The minimum absolute atomic E-state index is 0.0582. The van der Waals surface area contributed by atoms with Crippen molar-refractivity contribution in [2.45, 2.75) is 77.5 Å². The molecule has 2 aromatic rings. The summed E-state index contributed by atoms with van der Waals surface area (Å²) in [6.45, 7) is 7.01. The number of aromatic nitrogens is 2. The van der Waals surface area contributed by atoms with Crippen LogP contribution in [0.2, 0.25) is 0 Å². The van der Waals surface area contributed by atoms with E-state index in [1.807, 2.05) is 26.0 Å². The molecule has 1 fully saturated rings. The summed E-state index contributed by atoms with van der Waals surface area (Å²) in [7, 11) is 1.57. The van der Waals surface area contributed by atoms with Gasteiger partial charge >= 0.3 is 0 Å². The molecule has 1 aliphatic heterocycles. The highest BCUT2D eigenvalue weighted by Gasteiger charge is 2.48. The first-order valence-electron chi connectivity index (χ1n) is 13.1. The van der Waals surface area contributed by atoms with E-state index < -0.39 is 11.4 Å². The molecule has 37 heavy (non-hydrogen) atoms. The predicted octanol–water partition coefficient (Wildman–Crippen LogP) is 2.90. The van der Waals surface area contributed by atoms with Gasteiger partial charge in [-0.3, -0.25) is 14.4 Å². The van der Waals surface area contributed by atoms with Gasteiger partial charge in [0, 0.05) is 19.1 Å². The number of hydrogen-bond donors (Lipinski definition) is 2. The average molecular weight is 512 g/mol. The summed E-state index contributed by atoms with van der Waals surface area (Å²) in [5.41, 5.74) is 0.0288. The van der Waals surface area contributed by atoms with Crippen molar-refractivity contribution in [3.63, 3.8) is 0 Å². The molecule has 1 aliphatic carbocycles. The number of ether oxygens (including phenoxy) is 2. The quantitative estimate of drug-likeness (QED) is 0.507. The summed E-state index contributed by atoms with van der Waals surface area (Å²) in [6.07, 6.45) is 6.30. The average Bonchev–Trinajstić information content (AvgIpc) is 3.55. The lowest BCUT2D eigenvalue weighted by molar-refractivity contribution is -0.133. The molecule has 200 valence electrons. The van der Waals surface area contributed by atoms with Gasteiger partial charge in [-0.05, 0) is 50.8 Å². The van der Waals surface area contributed by atoms with Gasteiger partial charge in [0.2, 0.25) is 5.91 Å². The number of hydrogen-bond acceptors (Lipinski definition) is 6. The molecule has 1 aromatic carbocycles. The molecular weight excluding hydrogens is 474 g/mol. The number of benzene rings is 1. The summed E-state index contributed by atoms with van der Waals surface area (Å²) in [5, 5.41) is 6.01. The van der Waals surface area contributed by atoms with Crippen LogP contribution in [0.1, 0.15) is 79.4 Å². The van der Waals surface area contributed by atoms with Crippen LogP contribution in [-0.2, 0) is 17.9 Å². The van der Waals surface area contributed by atoms with E-state index in [1.54, 1.807) is 29.6 Å². The molecule has 1 unspecified atom stereocenters. The van der Waals surface area contributed by atoms with Gasteiger partial charge < -0.3 is 29.6 Å². The van der Waals surface area contributed by atoms with E-state index in [0.29, 0.717) is 31.1 Å². The molecule has 1 aromatic heterocycles. The molecule has 0 bridgehead atoms. The number of rotatable bonds is 10. The van der Waals surface area contributed by atoms with Gasteiger partial charge in [0.25, 0.3) is 11.8 Å². The molecule has 0 spiro atoms. The Hall–Kier alpha value is -3.56. The summed E-state index contributed by atoms with van der Waals surface area (Å²) in [6, 6.07) is 5.59. The molecule has 2 N–H and O–H groups in total. The van der Waals surface area contributed by atoms with Crippen molar-refractivity contribution in [1.29, 1.82) is 0 Å². The Morgan fingerprint density at radius 3 is 2.62 bits per heavy atom. The minimum atomic E-state index is -1.06. The van der Waals surface area contributed by atoms with Crippen molar-refractivity contribution in [3.05, 3.63) is 41.5 Å². The lowest BCUT2D eigenvalue weighted by Crippen LogP contribution is -2.65. The van der Waals surface area contributed by atoms with E-state index in [4.69, 9.17) is 9.47 Å². The molecule has 4 rings (SSSR count). The Bertz CT molecular complexity index is 1160. The maximum Gasteiger partial charge on any atom is 0.273 e. The maximum absolute atomic E-state index is 13.7. The fraction of sp³-hybridized carbons (Fsp3) is 0.556. The first-order valence-corrected chi connectivity index (χ1v) is 13.1. The van der Waals surface area contributed by atoms with Crippen molar-refractivity contribution >= 4 is 17.7 Å². The first kappa shape index (κ1) is 26.5. The van der Waals surface area contributed by atoms with Gasteiger partial charge in [-0.25, -0.2) is 4.98 Å². The van der Waals surface area contributed by atoms with Crippen LogP contribution in [0.3, 0.4) is 0 Å². The van der Waals surface area contributed by atoms with E-state index in [1.165, 1.54) is 6.33 Å². The van der Waals surface area contributed by atoms with Gasteiger partial charge in [-0.1, -0.05) is 25.8 Å². The van der Waals surface area contributed by atoms with Crippen molar-refractivity contribution < 1.29 is 23.9 Å². The Kier molecular flexibility index (Phi) is 8.04. The van der Waals surface area contributed by atoms with Crippen LogP contribution in [0.5, 0.6) is 11.5 Å². The lowest BCUT2D eigenvalue weighted by Gasteiger charge is -2.44. The second-order valence-corrected chi connectivity index (χ2v) is 9.86. The zero-order chi connectivity index (χ0) is 26.6. The number of imidazole rings is 1. The molecule has 3 amide bonds. The smallest absolute Gasteiger partial charge is 0.273 e. The molecule has 1 saturated carbocycles. The van der Waals surface area contributed by atoms with Crippen molar-refractivity contribution in [1.82, 2.24) is 25.1 Å². The Labute approximate surface area is 217 Å². The normalized spacial score (nSPS) is 19.5. The molecule has 10 heteroatoms. The third-order valence-corrected chi connectivity index (χ3v) is 7.18. The predicted molar refractivity (Wildman–Crippen MR) is 138 cm³/mol. The maximum atomic E-state index is 13.7. The van der Waals surface area contributed by atoms with Crippen molar-refractivity contribution in [2.24, 2.45) is 0 Å². The van der Waals surface area contributed by atoms with Gasteiger partial charge in [-0.15, -0.1) is 0 Å². The molecule has 1 atom stereocenters. The zero-order valence-electron chi connectivity index (χ0n) is 22.1. The standard InChI is InChI=1S/C27H37N5O5/c1-5-13-32-25(34)23-22(24(33)28-15-18-11-12-20(36-4)21(14-18)37-6-2)29-17-31(23)16-27(32,3)26(35)30-19-9-7-8-10-19/h11-12,14,17,19H,5-10,13,15-16H2,1-4H3,(H,28,33)(H,30,35). The van der Waals surface area contributed by atoms with Crippen molar-refractivity contribution in [2.75, 3.05) is 20.3 Å². The highest BCUT2D eigenvalue weighted by Crippen LogP contribution is 2.31.